The van der Waals surface area contributed by atoms with E-state index in [1.807, 2.05) is 19.1 Å². The third kappa shape index (κ3) is 3.72. The van der Waals surface area contributed by atoms with E-state index in [1.54, 1.807) is 18.2 Å². The largest absolute Gasteiger partial charge is 0.480 e. The van der Waals surface area contributed by atoms with E-state index in [1.165, 1.54) is 10.6 Å². The first kappa shape index (κ1) is 19.4. The number of carbonyl (C=O) groups is 1. The predicted octanol–water partition coefficient (Wildman–Crippen LogP) is 4.13. The maximum absolute atomic E-state index is 14.3. The van der Waals surface area contributed by atoms with Gasteiger partial charge in [-0.05, 0) is 30.2 Å². The summed E-state index contributed by atoms with van der Waals surface area (Å²) in [6.45, 7) is 1.38. The zero-order valence-corrected chi connectivity index (χ0v) is 16.8. The van der Waals surface area contributed by atoms with Crippen molar-refractivity contribution < 1.29 is 14.3 Å². The molecule has 27 heavy (non-hydrogen) atoms. The molecular weight excluding hydrogens is 435 g/mol. The standard InChI is InChI=1S/C19H16BrFN2O3S/c1-2-11-4-3-5-15-17(11)18(27)23(10-16(24)25)19(26)22(15)9-12-6-7-13(20)8-14(12)21/h3-8H,2,9-10H2,1H3,(H,24,25). The average molecular weight is 451 g/mol. The highest BCUT2D eigenvalue weighted by molar-refractivity contribution is 9.10. The Morgan fingerprint density at radius 3 is 2.59 bits per heavy atom. The minimum absolute atomic E-state index is 0.0309. The van der Waals surface area contributed by atoms with Gasteiger partial charge in [0.15, 0.2) is 0 Å². The molecule has 0 fully saturated rings. The lowest BCUT2D eigenvalue weighted by atomic mass is 10.1. The lowest BCUT2D eigenvalue weighted by molar-refractivity contribution is -0.137. The summed E-state index contributed by atoms with van der Waals surface area (Å²) in [6.07, 6.45) is 0.666. The minimum atomic E-state index is -1.17. The molecule has 2 aromatic carbocycles. The van der Waals surface area contributed by atoms with Crippen molar-refractivity contribution in [2.75, 3.05) is 0 Å². The van der Waals surface area contributed by atoms with Gasteiger partial charge in [0.05, 0.1) is 12.1 Å². The van der Waals surface area contributed by atoms with Crippen molar-refractivity contribution >= 4 is 45.0 Å². The third-order valence-corrected chi connectivity index (χ3v) is 5.28. The van der Waals surface area contributed by atoms with Gasteiger partial charge in [-0.1, -0.05) is 53.3 Å². The summed E-state index contributed by atoms with van der Waals surface area (Å²) in [6, 6.07) is 10.0. The number of carboxylic acid groups (broad SMARTS) is 1. The van der Waals surface area contributed by atoms with Gasteiger partial charge in [0.1, 0.15) is 17.0 Å². The quantitative estimate of drug-likeness (QED) is 0.593. The van der Waals surface area contributed by atoms with E-state index in [-0.39, 0.29) is 11.2 Å². The summed E-state index contributed by atoms with van der Waals surface area (Å²) >= 11 is 8.64. The molecule has 0 aliphatic rings. The maximum Gasteiger partial charge on any atom is 0.330 e. The molecule has 3 rings (SSSR count). The van der Waals surface area contributed by atoms with Crippen molar-refractivity contribution in [2.24, 2.45) is 0 Å². The number of rotatable bonds is 5. The monoisotopic (exact) mass is 450 g/mol. The Hall–Kier alpha value is -2.32. The summed E-state index contributed by atoms with van der Waals surface area (Å²) in [4.78, 5) is 24.2. The molecule has 1 N–H and O–H groups in total. The minimum Gasteiger partial charge on any atom is -0.480 e. The highest BCUT2D eigenvalue weighted by Gasteiger charge is 2.16. The Kier molecular flexibility index (Phi) is 5.57. The second-order valence-electron chi connectivity index (χ2n) is 6.05. The highest BCUT2D eigenvalue weighted by atomic mass is 79.9. The molecule has 0 saturated heterocycles. The second kappa shape index (κ2) is 7.74. The molecule has 0 saturated carbocycles. The van der Waals surface area contributed by atoms with Crippen molar-refractivity contribution in [3.8, 4) is 0 Å². The normalized spacial score (nSPS) is 11.1. The van der Waals surface area contributed by atoms with Crippen molar-refractivity contribution in [1.82, 2.24) is 9.13 Å². The SMILES string of the molecule is CCc1cccc2c1c(=S)n(CC(=O)O)c(=O)n2Cc1ccc(Br)cc1F. The third-order valence-electron chi connectivity index (χ3n) is 4.36. The molecule has 0 bridgehead atoms. The summed E-state index contributed by atoms with van der Waals surface area (Å²) in [7, 11) is 0. The lowest BCUT2D eigenvalue weighted by Crippen LogP contribution is -2.34. The van der Waals surface area contributed by atoms with Gasteiger partial charge in [-0.3, -0.25) is 13.9 Å². The van der Waals surface area contributed by atoms with Crippen LogP contribution < -0.4 is 5.69 Å². The van der Waals surface area contributed by atoms with Crippen LogP contribution in [0.2, 0.25) is 0 Å². The molecule has 1 aromatic heterocycles. The molecule has 0 amide bonds. The van der Waals surface area contributed by atoms with Gasteiger partial charge in [0.25, 0.3) is 0 Å². The number of nitrogens with zero attached hydrogens (tertiary/aromatic N) is 2. The van der Waals surface area contributed by atoms with Crippen LogP contribution >= 0.6 is 28.1 Å². The van der Waals surface area contributed by atoms with Crippen molar-refractivity contribution in [3.05, 3.63) is 72.9 Å². The zero-order valence-electron chi connectivity index (χ0n) is 14.4. The van der Waals surface area contributed by atoms with Crippen LogP contribution in [0.25, 0.3) is 10.9 Å². The molecule has 0 aliphatic carbocycles. The number of hydrogen-bond donors (Lipinski definition) is 1. The fraction of sp³-hybridized carbons (Fsp3) is 0.211. The molecule has 0 unspecified atom stereocenters. The maximum atomic E-state index is 14.3. The molecule has 3 aromatic rings. The highest BCUT2D eigenvalue weighted by Crippen LogP contribution is 2.22. The fourth-order valence-electron chi connectivity index (χ4n) is 3.07. The van der Waals surface area contributed by atoms with Crippen molar-refractivity contribution in [1.29, 1.82) is 0 Å². The molecule has 1 heterocycles. The van der Waals surface area contributed by atoms with Crippen LogP contribution in [0.4, 0.5) is 4.39 Å². The van der Waals surface area contributed by atoms with E-state index in [9.17, 15) is 19.1 Å². The Morgan fingerprint density at radius 1 is 1.22 bits per heavy atom. The average Bonchev–Trinajstić information content (AvgIpc) is 2.63. The number of fused-ring (bicyclic) bond motifs is 1. The number of aliphatic carboxylic acids is 1. The van der Waals surface area contributed by atoms with Crippen molar-refractivity contribution in [2.45, 2.75) is 26.4 Å². The van der Waals surface area contributed by atoms with Gasteiger partial charge < -0.3 is 5.11 Å². The van der Waals surface area contributed by atoms with Gasteiger partial charge in [-0.25, -0.2) is 9.18 Å². The number of hydrogen-bond acceptors (Lipinski definition) is 3. The number of aryl methyl sites for hydroxylation is 1. The number of aromatic nitrogens is 2. The first-order chi connectivity index (χ1) is 12.8. The Bertz CT molecular complexity index is 1170. The van der Waals surface area contributed by atoms with Gasteiger partial charge >= 0.3 is 11.7 Å². The van der Waals surface area contributed by atoms with E-state index in [4.69, 9.17) is 12.2 Å². The van der Waals surface area contributed by atoms with Crippen LogP contribution in [0, 0.1) is 10.5 Å². The van der Waals surface area contributed by atoms with E-state index in [0.29, 0.717) is 27.4 Å². The predicted molar refractivity (Wildman–Crippen MR) is 107 cm³/mol. The van der Waals surface area contributed by atoms with E-state index in [2.05, 4.69) is 15.9 Å². The Morgan fingerprint density at radius 2 is 1.96 bits per heavy atom. The van der Waals surface area contributed by atoms with Gasteiger partial charge in [-0.2, -0.15) is 0 Å². The van der Waals surface area contributed by atoms with Crippen LogP contribution in [-0.4, -0.2) is 20.2 Å². The molecule has 8 heteroatoms. The number of benzene rings is 2. The van der Waals surface area contributed by atoms with Crippen LogP contribution in [-0.2, 0) is 24.3 Å². The molecule has 0 aliphatic heterocycles. The summed E-state index contributed by atoms with van der Waals surface area (Å²) in [5.74, 6) is -1.62. The van der Waals surface area contributed by atoms with Crippen LogP contribution in [0.3, 0.4) is 0 Å². The zero-order chi connectivity index (χ0) is 19.7. The lowest BCUT2D eigenvalue weighted by Gasteiger charge is -2.16. The number of carboxylic acids is 1. The van der Waals surface area contributed by atoms with E-state index in [0.717, 1.165) is 10.1 Å². The summed E-state index contributed by atoms with van der Waals surface area (Å²) in [5.41, 5.74) is 1.21. The Balaban J connectivity index is 2.35. The van der Waals surface area contributed by atoms with Crippen LogP contribution in [0.15, 0.2) is 45.7 Å². The van der Waals surface area contributed by atoms with E-state index < -0.39 is 24.0 Å². The molecular formula is C19H16BrFN2O3S. The second-order valence-corrected chi connectivity index (χ2v) is 7.36. The van der Waals surface area contributed by atoms with Crippen LogP contribution in [0.5, 0.6) is 0 Å². The smallest absolute Gasteiger partial charge is 0.330 e. The van der Waals surface area contributed by atoms with Gasteiger partial charge in [-0.15, -0.1) is 0 Å². The van der Waals surface area contributed by atoms with Gasteiger partial charge in [0.2, 0.25) is 0 Å². The van der Waals surface area contributed by atoms with Crippen molar-refractivity contribution in [3.63, 3.8) is 0 Å². The summed E-state index contributed by atoms with van der Waals surface area (Å²) in [5, 5.41) is 9.84. The molecule has 140 valence electrons. The topological polar surface area (TPSA) is 64.2 Å². The van der Waals surface area contributed by atoms with E-state index >= 15 is 0 Å². The molecule has 0 spiro atoms. The van der Waals surface area contributed by atoms with Crippen LogP contribution in [0.1, 0.15) is 18.1 Å². The first-order valence-corrected chi connectivity index (χ1v) is 9.44. The molecule has 0 atom stereocenters. The van der Waals surface area contributed by atoms with Gasteiger partial charge in [0, 0.05) is 15.4 Å². The fourth-order valence-corrected chi connectivity index (χ4v) is 3.78. The summed E-state index contributed by atoms with van der Waals surface area (Å²) < 4.78 is 17.5. The Labute approximate surface area is 167 Å². The number of halogens is 2. The first-order valence-electron chi connectivity index (χ1n) is 8.24. The molecule has 5 nitrogen and oxygen atoms in total. The molecule has 0 radical (unpaired) electrons.